The van der Waals surface area contributed by atoms with Crippen LogP contribution in [0.4, 0.5) is 0 Å². The molecule has 0 bridgehead atoms. The molecule has 0 radical (unpaired) electrons. The minimum Gasteiger partial charge on any atom is -0.466 e. The van der Waals surface area contributed by atoms with Gasteiger partial charge in [-0.2, -0.15) is 0 Å². The highest BCUT2D eigenvalue weighted by Crippen LogP contribution is 2.22. The van der Waals surface area contributed by atoms with Crippen molar-refractivity contribution in [2.45, 2.75) is 324 Å². The van der Waals surface area contributed by atoms with Crippen molar-refractivity contribution in [2.75, 3.05) is 78.6 Å². The summed E-state index contributed by atoms with van der Waals surface area (Å²) < 4.78 is 5.62. The van der Waals surface area contributed by atoms with Crippen LogP contribution in [0.3, 0.4) is 0 Å². The van der Waals surface area contributed by atoms with E-state index in [1.807, 2.05) is 0 Å². The summed E-state index contributed by atoms with van der Waals surface area (Å²) in [5.41, 5.74) is 0. The van der Waals surface area contributed by atoms with Crippen LogP contribution in [0.2, 0.25) is 0 Å². The molecule has 1 fully saturated rings. The van der Waals surface area contributed by atoms with Gasteiger partial charge in [-0.1, -0.05) is 253 Å². The van der Waals surface area contributed by atoms with E-state index >= 15 is 0 Å². The molecule has 1 saturated heterocycles. The highest BCUT2D eigenvalue weighted by atomic mass is 16.5. The van der Waals surface area contributed by atoms with E-state index in [0.717, 1.165) is 78.0 Å². The number of hydrogen-bond donors (Lipinski definition) is 0. The molecule has 0 aliphatic carbocycles. The Bertz CT molecular complexity index is 1100. The van der Waals surface area contributed by atoms with E-state index in [9.17, 15) is 9.59 Å². The average Bonchev–Trinajstić information content (AvgIpc) is 3.39. The van der Waals surface area contributed by atoms with Gasteiger partial charge in [0.2, 0.25) is 5.91 Å². The lowest BCUT2D eigenvalue weighted by Gasteiger charge is -2.36. The maximum absolute atomic E-state index is 14.3. The van der Waals surface area contributed by atoms with Gasteiger partial charge in [0.15, 0.2) is 0 Å². The molecule has 1 rings (SSSR count). The van der Waals surface area contributed by atoms with Gasteiger partial charge in [0.05, 0.1) is 13.2 Å². The first kappa shape index (κ1) is 68.8. The third-order valence-electron chi connectivity index (χ3n) is 16.2. The predicted molar refractivity (Wildman–Crippen MR) is 316 cm³/mol. The topological polar surface area (TPSA) is 56.3 Å². The Balaban J connectivity index is 2.82. The Labute approximate surface area is 452 Å². The Morgan fingerprint density at radius 1 is 0.389 bits per heavy atom. The van der Waals surface area contributed by atoms with Crippen LogP contribution in [-0.4, -0.2) is 110 Å². The number of esters is 1. The molecule has 7 nitrogen and oxygen atoms in total. The van der Waals surface area contributed by atoms with Crippen LogP contribution in [0.5, 0.6) is 0 Å². The van der Waals surface area contributed by atoms with Gasteiger partial charge in [-0.05, 0) is 109 Å². The molecule has 72 heavy (non-hydrogen) atoms. The zero-order chi connectivity index (χ0) is 52.1. The number of carbonyl (C=O) groups excluding carboxylic acids is 2. The molecule has 1 heterocycles. The van der Waals surface area contributed by atoms with Crippen molar-refractivity contribution < 1.29 is 14.3 Å². The highest BCUT2D eigenvalue weighted by Gasteiger charge is 2.26. The number of nitrogens with zero attached hydrogens (tertiary/aromatic N) is 4. The first-order valence-corrected chi connectivity index (χ1v) is 33.1. The first-order chi connectivity index (χ1) is 35.5. The molecule has 0 aromatic rings. The fraction of sp³-hybridized carbons (Fsp3) is 0.969. The van der Waals surface area contributed by atoms with E-state index in [4.69, 9.17) is 4.74 Å². The molecule has 1 aliphatic heterocycles. The van der Waals surface area contributed by atoms with E-state index in [2.05, 4.69) is 54.2 Å². The van der Waals surface area contributed by atoms with Gasteiger partial charge < -0.3 is 19.4 Å². The number of ether oxygens (including phenoxy) is 1. The van der Waals surface area contributed by atoms with Crippen molar-refractivity contribution in [2.24, 2.45) is 5.92 Å². The van der Waals surface area contributed by atoms with Crippen LogP contribution < -0.4 is 0 Å². The molecule has 428 valence electrons. The molecule has 0 aromatic heterocycles. The van der Waals surface area contributed by atoms with Gasteiger partial charge >= 0.3 is 5.97 Å². The number of unbranched alkanes of at least 4 members (excludes halogenated alkanes) is 35. The van der Waals surface area contributed by atoms with Gasteiger partial charge in [0, 0.05) is 32.6 Å². The third kappa shape index (κ3) is 45.1. The number of rotatable bonds is 57. The quantitative estimate of drug-likeness (QED) is 0.0447. The average molecular weight is 1020 g/mol. The fourth-order valence-electron chi connectivity index (χ4n) is 11.2. The summed E-state index contributed by atoms with van der Waals surface area (Å²) in [6, 6.07) is 0. The van der Waals surface area contributed by atoms with Crippen LogP contribution in [0.15, 0.2) is 0 Å². The molecule has 1 unspecified atom stereocenters. The van der Waals surface area contributed by atoms with Gasteiger partial charge in [-0.15, -0.1) is 0 Å². The SMILES string of the molecule is CCCCCCCCCCCCCCN(CCCCC(=O)OCCCCCCCC)CCC1CCCN(C(=O)CN(CCCCCCCCC)CCN(CCCCCCCCC)CCCCCCCCC)C1. The normalized spacial score (nSPS) is 14.2. The van der Waals surface area contributed by atoms with Crippen molar-refractivity contribution in [3.05, 3.63) is 0 Å². The second-order valence-electron chi connectivity index (χ2n) is 23.3. The molecular formula is C65H130N4O3. The van der Waals surface area contributed by atoms with Gasteiger partial charge in [0.25, 0.3) is 0 Å². The Kier molecular flexibility index (Phi) is 52.2. The van der Waals surface area contributed by atoms with E-state index in [0.29, 0.717) is 31.4 Å². The monoisotopic (exact) mass is 1020 g/mol. The van der Waals surface area contributed by atoms with Crippen molar-refractivity contribution in [1.29, 1.82) is 0 Å². The largest absolute Gasteiger partial charge is 0.466 e. The minimum atomic E-state index is -0.00618. The van der Waals surface area contributed by atoms with Crippen LogP contribution in [0.1, 0.15) is 324 Å². The predicted octanol–water partition coefficient (Wildman–Crippen LogP) is 18.5. The Morgan fingerprint density at radius 3 is 1.14 bits per heavy atom. The second-order valence-corrected chi connectivity index (χ2v) is 23.3. The summed E-state index contributed by atoms with van der Waals surface area (Å²) >= 11 is 0. The molecule has 0 aromatic carbocycles. The maximum atomic E-state index is 14.3. The Hall–Kier alpha value is -1.18. The third-order valence-corrected chi connectivity index (χ3v) is 16.2. The van der Waals surface area contributed by atoms with E-state index in [-0.39, 0.29) is 5.97 Å². The molecule has 1 aliphatic rings. The van der Waals surface area contributed by atoms with Crippen LogP contribution in [-0.2, 0) is 14.3 Å². The second kappa shape index (κ2) is 54.6. The van der Waals surface area contributed by atoms with Gasteiger partial charge in [-0.25, -0.2) is 0 Å². The number of carbonyl (C=O) groups is 2. The molecule has 7 heteroatoms. The van der Waals surface area contributed by atoms with E-state index in [1.165, 1.54) is 270 Å². The number of amides is 1. The lowest BCUT2D eigenvalue weighted by Crippen LogP contribution is -2.47. The zero-order valence-electron chi connectivity index (χ0n) is 49.9. The van der Waals surface area contributed by atoms with Crippen molar-refractivity contribution in [1.82, 2.24) is 19.6 Å². The van der Waals surface area contributed by atoms with E-state index in [1.54, 1.807) is 0 Å². The van der Waals surface area contributed by atoms with Gasteiger partial charge in [-0.3, -0.25) is 14.5 Å². The first-order valence-electron chi connectivity index (χ1n) is 33.1. The van der Waals surface area contributed by atoms with Crippen LogP contribution >= 0.6 is 0 Å². The van der Waals surface area contributed by atoms with Crippen molar-refractivity contribution in [3.8, 4) is 0 Å². The van der Waals surface area contributed by atoms with Crippen molar-refractivity contribution >= 4 is 11.9 Å². The Morgan fingerprint density at radius 2 is 0.722 bits per heavy atom. The molecule has 1 amide bonds. The van der Waals surface area contributed by atoms with Gasteiger partial charge in [0.1, 0.15) is 0 Å². The lowest BCUT2D eigenvalue weighted by molar-refractivity contribution is -0.144. The maximum Gasteiger partial charge on any atom is 0.305 e. The summed E-state index contributed by atoms with van der Waals surface area (Å²) in [7, 11) is 0. The summed E-state index contributed by atoms with van der Waals surface area (Å²) in [6.07, 6.45) is 58.3. The number of hydrogen-bond acceptors (Lipinski definition) is 6. The smallest absolute Gasteiger partial charge is 0.305 e. The zero-order valence-corrected chi connectivity index (χ0v) is 49.9. The van der Waals surface area contributed by atoms with E-state index < -0.39 is 0 Å². The molecule has 0 spiro atoms. The highest BCUT2D eigenvalue weighted by molar-refractivity contribution is 5.78. The summed E-state index contributed by atoms with van der Waals surface area (Å²) in [5, 5.41) is 0. The summed E-state index contributed by atoms with van der Waals surface area (Å²) in [4.78, 5) is 37.2. The lowest BCUT2D eigenvalue weighted by atomic mass is 9.94. The van der Waals surface area contributed by atoms with Crippen LogP contribution in [0, 0.1) is 5.92 Å². The molecular weight excluding hydrogens is 885 g/mol. The fourth-order valence-corrected chi connectivity index (χ4v) is 11.2. The summed E-state index contributed by atoms with van der Waals surface area (Å²) in [5.74, 6) is 0.957. The number of likely N-dealkylation sites (tertiary alicyclic amines) is 1. The standard InChI is InChI=1S/C65H130N4O3/c1-6-11-16-21-26-27-28-29-30-34-37-41-51-66(54-45-40-49-65(71)72-60-46-39-25-20-15-10-5)57-50-63-48-47-56-69(61-63)64(70)62-68(55-44-38-33-24-19-14-9-4)59-58-67(52-42-35-31-22-17-12-7-2)53-43-36-32-23-18-13-8-3/h63H,6-62H2,1-5H3. The minimum absolute atomic E-state index is 0.00618. The molecule has 1 atom stereocenters. The molecule has 0 N–H and O–H groups in total. The molecule has 0 saturated carbocycles. The van der Waals surface area contributed by atoms with Crippen molar-refractivity contribution in [3.63, 3.8) is 0 Å². The van der Waals surface area contributed by atoms with Crippen LogP contribution in [0.25, 0.3) is 0 Å². The number of piperidine rings is 1. The summed E-state index contributed by atoms with van der Waals surface area (Å²) in [6.45, 7) is 23.5.